The fraction of sp³-hybridized carbons (Fsp3) is 0.500. The Kier molecular flexibility index (Phi) is 5.31. The second-order valence-corrected chi connectivity index (χ2v) is 5.12. The van der Waals surface area contributed by atoms with Crippen LogP contribution in [0.3, 0.4) is 0 Å². The quantitative estimate of drug-likeness (QED) is 0.625. The van der Waals surface area contributed by atoms with Gasteiger partial charge in [-0.05, 0) is 37.8 Å². The van der Waals surface area contributed by atoms with Gasteiger partial charge in [-0.3, -0.25) is 10.1 Å². The van der Waals surface area contributed by atoms with Crippen molar-refractivity contribution in [2.75, 3.05) is 5.32 Å². The third-order valence-electron chi connectivity index (χ3n) is 2.90. The summed E-state index contributed by atoms with van der Waals surface area (Å²) in [6, 6.07) is 6.56. The molecule has 0 aliphatic rings. The Labute approximate surface area is 113 Å². The van der Waals surface area contributed by atoms with Gasteiger partial charge >= 0.3 is 0 Å². The van der Waals surface area contributed by atoms with E-state index in [9.17, 15) is 10.1 Å². The third kappa shape index (κ3) is 4.59. The molecule has 0 aliphatic heterocycles. The highest BCUT2D eigenvalue weighted by atomic mass is 16.6. The monoisotopic (exact) mass is 261 g/mol. The molecule has 1 rings (SSSR count). The van der Waals surface area contributed by atoms with Gasteiger partial charge in [-0.2, -0.15) is 5.26 Å². The summed E-state index contributed by atoms with van der Waals surface area (Å²) in [4.78, 5) is 10.5. The lowest BCUT2D eigenvalue weighted by Crippen LogP contribution is -2.16. The molecular weight excluding hydrogens is 242 g/mol. The van der Waals surface area contributed by atoms with Gasteiger partial charge in [0.1, 0.15) is 5.69 Å². The summed E-state index contributed by atoms with van der Waals surface area (Å²) in [5, 5.41) is 22.9. The Morgan fingerprint density at radius 3 is 2.58 bits per heavy atom. The lowest BCUT2D eigenvalue weighted by Gasteiger charge is -2.16. The van der Waals surface area contributed by atoms with E-state index in [1.165, 1.54) is 6.07 Å². The Bertz CT molecular complexity index is 492. The van der Waals surface area contributed by atoms with Gasteiger partial charge in [0.15, 0.2) is 0 Å². The molecule has 1 aromatic rings. The van der Waals surface area contributed by atoms with Crippen LogP contribution in [0.2, 0.25) is 0 Å². The van der Waals surface area contributed by atoms with E-state index in [0.717, 1.165) is 12.8 Å². The van der Waals surface area contributed by atoms with Crippen molar-refractivity contribution in [2.45, 2.75) is 39.7 Å². The standard InChI is InChI=1S/C14H19N3O2/c1-10(2)4-5-11(3)16-13-7-6-12(9-15)8-14(13)17(18)19/h6-8,10-11,16H,4-5H2,1-3H3. The molecule has 19 heavy (non-hydrogen) atoms. The van der Waals surface area contributed by atoms with E-state index < -0.39 is 4.92 Å². The van der Waals surface area contributed by atoms with E-state index in [0.29, 0.717) is 17.2 Å². The SMILES string of the molecule is CC(C)CCC(C)Nc1ccc(C#N)cc1[N+](=O)[O-]. The van der Waals surface area contributed by atoms with Gasteiger partial charge in [-0.15, -0.1) is 0 Å². The normalized spacial score (nSPS) is 11.9. The van der Waals surface area contributed by atoms with E-state index >= 15 is 0 Å². The first kappa shape index (κ1) is 15.0. The van der Waals surface area contributed by atoms with E-state index in [4.69, 9.17) is 5.26 Å². The summed E-state index contributed by atoms with van der Waals surface area (Å²) in [6.45, 7) is 6.30. The number of anilines is 1. The molecule has 0 spiro atoms. The molecule has 0 radical (unpaired) electrons. The Balaban J connectivity index is 2.83. The van der Waals surface area contributed by atoms with Gasteiger partial charge < -0.3 is 5.32 Å². The van der Waals surface area contributed by atoms with Crippen LogP contribution in [0.1, 0.15) is 39.2 Å². The maximum absolute atomic E-state index is 11.0. The van der Waals surface area contributed by atoms with Crippen LogP contribution < -0.4 is 5.32 Å². The van der Waals surface area contributed by atoms with Crippen LogP contribution in [0.5, 0.6) is 0 Å². The van der Waals surface area contributed by atoms with E-state index in [1.54, 1.807) is 12.1 Å². The summed E-state index contributed by atoms with van der Waals surface area (Å²) in [5.41, 5.74) is 0.725. The van der Waals surface area contributed by atoms with Crippen molar-refractivity contribution in [3.8, 4) is 6.07 Å². The van der Waals surface area contributed by atoms with Crippen LogP contribution in [-0.2, 0) is 0 Å². The molecule has 1 aromatic carbocycles. The van der Waals surface area contributed by atoms with Crippen LogP contribution in [-0.4, -0.2) is 11.0 Å². The zero-order valence-electron chi connectivity index (χ0n) is 11.5. The van der Waals surface area contributed by atoms with Crippen molar-refractivity contribution < 1.29 is 4.92 Å². The molecule has 0 aromatic heterocycles. The highest BCUT2D eigenvalue weighted by Crippen LogP contribution is 2.26. The molecule has 5 nitrogen and oxygen atoms in total. The smallest absolute Gasteiger partial charge is 0.293 e. The van der Waals surface area contributed by atoms with Crippen LogP contribution in [0.4, 0.5) is 11.4 Å². The van der Waals surface area contributed by atoms with Gasteiger partial charge in [0, 0.05) is 12.1 Å². The van der Waals surface area contributed by atoms with Crippen molar-refractivity contribution >= 4 is 11.4 Å². The molecule has 0 saturated carbocycles. The molecule has 0 bridgehead atoms. The lowest BCUT2D eigenvalue weighted by atomic mass is 10.0. The fourth-order valence-electron chi connectivity index (χ4n) is 1.80. The summed E-state index contributed by atoms with van der Waals surface area (Å²) in [6.07, 6.45) is 2.02. The Morgan fingerprint density at radius 1 is 1.37 bits per heavy atom. The molecule has 0 heterocycles. The molecule has 5 heteroatoms. The average Bonchev–Trinajstić information content (AvgIpc) is 2.36. The highest BCUT2D eigenvalue weighted by molar-refractivity contribution is 5.64. The van der Waals surface area contributed by atoms with Crippen molar-refractivity contribution in [3.05, 3.63) is 33.9 Å². The first-order chi connectivity index (χ1) is 8.93. The molecular formula is C14H19N3O2. The molecule has 0 aliphatic carbocycles. The fourth-order valence-corrected chi connectivity index (χ4v) is 1.80. The van der Waals surface area contributed by atoms with E-state index in [2.05, 4.69) is 19.2 Å². The average molecular weight is 261 g/mol. The van der Waals surface area contributed by atoms with E-state index in [1.807, 2.05) is 13.0 Å². The summed E-state index contributed by atoms with van der Waals surface area (Å²) < 4.78 is 0. The van der Waals surface area contributed by atoms with E-state index in [-0.39, 0.29) is 11.7 Å². The molecule has 102 valence electrons. The second-order valence-electron chi connectivity index (χ2n) is 5.12. The van der Waals surface area contributed by atoms with Gasteiger partial charge in [0.2, 0.25) is 0 Å². The van der Waals surface area contributed by atoms with Crippen LogP contribution in [0.15, 0.2) is 18.2 Å². The number of nitrogens with zero attached hydrogens (tertiary/aromatic N) is 2. The first-order valence-electron chi connectivity index (χ1n) is 6.39. The number of nitrogens with one attached hydrogen (secondary N) is 1. The molecule has 0 fully saturated rings. The van der Waals surface area contributed by atoms with Crippen molar-refractivity contribution in [2.24, 2.45) is 5.92 Å². The van der Waals surface area contributed by atoms with Crippen LogP contribution in [0, 0.1) is 27.4 Å². The number of benzene rings is 1. The Morgan fingerprint density at radius 2 is 2.05 bits per heavy atom. The minimum atomic E-state index is -0.460. The number of nitro benzene ring substituents is 1. The highest BCUT2D eigenvalue weighted by Gasteiger charge is 2.16. The summed E-state index contributed by atoms with van der Waals surface area (Å²) in [5.74, 6) is 0.611. The number of nitro groups is 1. The largest absolute Gasteiger partial charge is 0.377 e. The van der Waals surface area contributed by atoms with Gasteiger partial charge in [0.05, 0.1) is 16.6 Å². The van der Waals surface area contributed by atoms with Gasteiger partial charge in [-0.1, -0.05) is 13.8 Å². The molecule has 0 saturated heterocycles. The zero-order chi connectivity index (χ0) is 14.4. The van der Waals surface area contributed by atoms with Crippen molar-refractivity contribution in [3.63, 3.8) is 0 Å². The molecule has 0 amide bonds. The van der Waals surface area contributed by atoms with Crippen molar-refractivity contribution in [1.29, 1.82) is 5.26 Å². The first-order valence-corrected chi connectivity index (χ1v) is 6.39. The molecule has 1 N–H and O–H groups in total. The maximum atomic E-state index is 11.0. The topological polar surface area (TPSA) is 79.0 Å². The number of nitriles is 1. The van der Waals surface area contributed by atoms with Crippen LogP contribution in [0.25, 0.3) is 0 Å². The lowest BCUT2D eigenvalue weighted by molar-refractivity contribution is -0.384. The Hall–Kier alpha value is -2.09. The van der Waals surface area contributed by atoms with Crippen molar-refractivity contribution in [1.82, 2.24) is 0 Å². The summed E-state index contributed by atoms with van der Waals surface area (Å²) >= 11 is 0. The maximum Gasteiger partial charge on any atom is 0.293 e. The minimum absolute atomic E-state index is 0.0459. The van der Waals surface area contributed by atoms with Gasteiger partial charge in [0.25, 0.3) is 5.69 Å². The molecule has 1 atom stereocenters. The predicted octanol–water partition coefficient (Wildman–Crippen LogP) is 3.70. The summed E-state index contributed by atoms with van der Waals surface area (Å²) in [7, 11) is 0. The predicted molar refractivity (Wildman–Crippen MR) is 75.0 cm³/mol. The number of hydrogen-bond acceptors (Lipinski definition) is 4. The second kappa shape index (κ2) is 6.74. The minimum Gasteiger partial charge on any atom is -0.377 e. The number of hydrogen-bond donors (Lipinski definition) is 1. The molecule has 1 unspecified atom stereocenters. The zero-order valence-corrected chi connectivity index (χ0v) is 11.5. The van der Waals surface area contributed by atoms with Gasteiger partial charge in [-0.25, -0.2) is 0 Å². The van der Waals surface area contributed by atoms with Crippen LogP contribution >= 0.6 is 0 Å². The third-order valence-corrected chi connectivity index (χ3v) is 2.90. The number of rotatable bonds is 6.